The van der Waals surface area contributed by atoms with E-state index in [-0.39, 0.29) is 0 Å². The number of rotatable bonds is 1. The van der Waals surface area contributed by atoms with Gasteiger partial charge in [-0.15, -0.1) is 0 Å². The van der Waals surface area contributed by atoms with E-state index in [1.54, 1.807) is 0 Å². The van der Waals surface area contributed by atoms with E-state index in [1.807, 2.05) is 0 Å². The van der Waals surface area contributed by atoms with Crippen LogP contribution in [0.15, 0.2) is 0 Å². The minimum absolute atomic E-state index is 0.451. The van der Waals surface area contributed by atoms with Gasteiger partial charge in [0.15, 0.2) is 0 Å². The first-order valence-electron chi connectivity index (χ1n) is 3.16. The molecule has 1 aliphatic rings. The Hall–Kier alpha value is 0.310. The Bertz CT molecular complexity index is 59.5. The maximum Gasteiger partial charge on any atom is 0.0662 e. The van der Waals surface area contributed by atoms with Crippen molar-refractivity contribution in [3.05, 3.63) is 0 Å². The van der Waals surface area contributed by atoms with Crippen molar-refractivity contribution in [3.8, 4) is 0 Å². The molecule has 0 saturated carbocycles. The highest BCUT2D eigenvalue weighted by molar-refractivity contribution is 7.80. The van der Waals surface area contributed by atoms with Gasteiger partial charge in [0.1, 0.15) is 0 Å². The van der Waals surface area contributed by atoms with Crippen LogP contribution in [0.25, 0.3) is 0 Å². The van der Waals surface area contributed by atoms with Crippen LogP contribution in [0.4, 0.5) is 0 Å². The van der Waals surface area contributed by atoms with Gasteiger partial charge in [0.05, 0.1) is 6.10 Å². The average molecular weight is 132 g/mol. The fourth-order valence-electron chi connectivity index (χ4n) is 0.951. The van der Waals surface area contributed by atoms with Crippen LogP contribution < -0.4 is 0 Å². The molecule has 1 aliphatic heterocycles. The summed E-state index contributed by atoms with van der Waals surface area (Å²) in [7, 11) is 0. The zero-order chi connectivity index (χ0) is 5.82. The van der Waals surface area contributed by atoms with Crippen LogP contribution >= 0.6 is 12.6 Å². The SMILES string of the molecule is SC[C@@H]1CCCCO1. The Kier molecular flexibility index (Phi) is 2.70. The molecule has 48 valence electrons. The van der Waals surface area contributed by atoms with Gasteiger partial charge in [-0.2, -0.15) is 12.6 Å². The topological polar surface area (TPSA) is 9.23 Å². The van der Waals surface area contributed by atoms with Crippen LogP contribution in [0.3, 0.4) is 0 Å². The Balaban J connectivity index is 2.13. The first-order valence-corrected chi connectivity index (χ1v) is 3.79. The molecule has 1 nitrogen and oxygen atoms in total. The van der Waals surface area contributed by atoms with Gasteiger partial charge in [-0.1, -0.05) is 0 Å². The van der Waals surface area contributed by atoms with Gasteiger partial charge >= 0.3 is 0 Å². The number of hydrogen-bond acceptors (Lipinski definition) is 2. The number of hydrogen-bond donors (Lipinski definition) is 1. The van der Waals surface area contributed by atoms with Crippen molar-refractivity contribution in [2.24, 2.45) is 0 Å². The van der Waals surface area contributed by atoms with Crippen molar-refractivity contribution in [3.63, 3.8) is 0 Å². The fourth-order valence-corrected chi connectivity index (χ4v) is 1.24. The van der Waals surface area contributed by atoms with Crippen LogP contribution in [0, 0.1) is 0 Å². The summed E-state index contributed by atoms with van der Waals surface area (Å²) in [5.41, 5.74) is 0. The highest BCUT2D eigenvalue weighted by Crippen LogP contribution is 2.12. The van der Waals surface area contributed by atoms with E-state index in [4.69, 9.17) is 4.74 Å². The standard InChI is InChI=1S/C6H12OS/c8-5-6-3-1-2-4-7-6/h6,8H,1-5H2/t6-/m0/s1. The largest absolute Gasteiger partial charge is 0.377 e. The summed E-state index contributed by atoms with van der Waals surface area (Å²) in [4.78, 5) is 0. The van der Waals surface area contributed by atoms with Crippen molar-refractivity contribution in [1.29, 1.82) is 0 Å². The highest BCUT2D eigenvalue weighted by atomic mass is 32.1. The van der Waals surface area contributed by atoms with E-state index in [9.17, 15) is 0 Å². The monoisotopic (exact) mass is 132 g/mol. The fraction of sp³-hybridized carbons (Fsp3) is 1.00. The summed E-state index contributed by atoms with van der Waals surface area (Å²) in [6.07, 6.45) is 4.23. The Morgan fingerprint density at radius 1 is 1.50 bits per heavy atom. The lowest BCUT2D eigenvalue weighted by atomic mass is 10.1. The molecular weight excluding hydrogens is 120 g/mol. The van der Waals surface area contributed by atoms with Crippen molar-refractivity contribution in [1.82, 2.24) is 0 Å². The Labute approximate surface area is 55.8 Å². The van der Waals surface area contributed by atoms with E-state index in [0.29, 0.717) is 6.10 Å². The molecule has 0 aliphatic carbocycles. The number of ether oxygens (including phenoxy) is 1. The first kappa shape index (κ1) is 6.43. The average Bonchev–Trinajstić information content (AvgIpc) is 1.90. The molecule has 1 saturated heterocycles. The van der Waals surface area contributed by atoms with Gasteiger partial charge in [0.2, 0.25) is 0 Å². The summed E-state index contributed by atoms with van der Waals surface area (Å²) in [6, 6.07) is 0. The molecule has 8 heavy (non-hydrogen) atoms. The Morgan fingerprint density at radius 2 is 2.38 bits per heavy atom. The van der Waals surface area contributed by atoms with Crippen molar-refractivity contribution in [2.75, 3.05) is 12.4 Å². The van der Waals surface area contributed by atoms with Crippen LogP contribution in [0.5, 0.6) is 0 Å². The molecule has 1 fully saturated rings. The van der Waals surface area contributed by atoms with Gasteiger partial charge in [0.25, 0.3) is 0 Å². The second kappa shape index (κ2) is 3.36. The van der Waals surface area contributed by atoms with Crippen molar-refractivity contribution in [2.45, 2.75) is 25.4 Å². The molecule has 0 spiro atoms. The van der Waals surface area contributed by atoms with Crippen molar-refractivity contribution < 1.29 is 4.74 Å². The van der Waals surface area contributed by atoms with Gasteiger partial charge < -0.3 is 4.74 Å². The highest BCUT2D eigenvalue weighted by Gasteiger charge is 2.10. The second-order valence-electron chi connectivity index (χ2n) is 2.17. The third kappa shape index (κ3) is 1.67. The number of thiol groups is 1. The van der Waals surface area contributed by atoms with Crippen molar-refractivity contribution >= 4 is 12.6 Å². The zero-order valence-electron chi connectivity index (χ0n) is 4.97. The predicted octanol–water partition coefficient (Wildman–Crippen LogP) is 1.49. The van der Waals surface area contributed by atoms with E-state index in [2.05, 4.69) is 12.6 Å². The minimum atomic E-state index is 0.451. The molecule has 1 rings (SSSR count). The summed E-state index contributed by atoms with van der Waals surface area (Å²) in [5.74, 6) is 0.889. The molecule has 1 atom stereocenters. The second-order valence-corrected chi connectivity index (χ2v) is 2.54. The summed E-state index contributed by atoms with van der Waals surface area (Å²) in [5, 5.41) is 0. The molecule has 1 heterocycles. The third-order valence-electron chi connectivity index (χ3n) is 1.48. The molecule has 0 radical (unpaired) electrons. The quantitative estimate of drug-likeness (QED) is 0.532. The minimum Gasteiger partial charge on any atom is -0.377 e. The smallest absolute Gasteiger partial charge is 0.0662 e. The Morgan fingerprint density at radius 3 is 2.75 bits per heavy atom. The van der Waals surface area contributed by atoms with E-state index >= 15 is 0 Å². The molecule has 0 unspecified atom stereocenters. The van der Waals surface area contributed by atoms with Crippen LogP contribution in [-0.2, 0) is 4.74 Å². The van der Waals surface area contributed by atoms with Gasteiger partial charge in [-0.3, -0.25) is 0 Å². The summed E-state index contributed by atoms with van der Waals surface area (Å²) >= 11 is 4.14. The van der Waals surface area contributed by atoms with Gasteiger partial charge in [-0.25, -0.2) is 0 Å². The predicted molar refractivity (Wildman–Crippen MR) is 37.4 cm³/mol. The van der Waals surface area contributed by atoms with E-state index in [1.165, 1.54) is 19.3 Å². The molecule has 2 heteroatoms. The molecule has 0 aromatic carbocycles. The summed E-state index contributed by atoms with van der Waals surface area (Å²) < 4.78 is 5.35. The molecule has 0 amide bonds. The van der Waals surface area contributed by atoms with Gasteiger partial charge in [-0.05, 0) is 19.3 Å². The molecular formula is C6H12OS. The lowest BCUT2D eigenvalue weighted by Gasteiger charge is -2.19. The lowest BCUT2D eigenvalue weighted by Crippen LogP contribution is -2.20. The van der Waals surface area contributed by atoms with Crippen LogP contribution in [-0.4, -0.2) is 18.5 Å². The molecule has 0 aromatic rings. The molecule has 0 bridgehead atoms. The zero-order valence-corrected chi connectivity index (χ0v) is 5.86. The molecule has 0 aromatic heterocycles. The van der Waals surface area contributed by atoms with Crippen LogP contribution in [0.2, 0.25) is 0 Å². The van der Waals surface area contributed by atoms with E-state index < -0.39 is 0 Å². The lowest BCUT2D eigenvalue weighted by molar-refractivity contribution is 0.0317. The molecule has 0 N–H and O–H groups in total. The maximum absolute atomic E-state index is 5.35. The first-order chi connectivity index (χ1) is 3.93. The maximum atomic E-state index is 5.35. The van der Waals surface area contributed by atoms with Gasteiger partial charge in [0, 0.05) is 12.4 Å². The van der Waals surface area contributed by atoms with E-state index in [0.717, 1.165) is 12.4 Å². The van der Waals surface area contributed by atoms with Crippen LogP contribution in [0.1, 0.15) is 19.3 Å². The summed E-state index contributed by atoms with van der Waals surface area (Å²) in [6.45, 7) is 0.950. The third-order valence-corrected chi connectivity index (χ3v) is 1.88. The normalized spacial score (nSPS) is 30.4.